The molecule has 0 aromatic carbocycles. The van der Waals surface area contributed by atoms with Gasteiger partial charge in [-0.2, -0.15) is 0 Å². The van der Waals surface area contributed by atoms with E-state index in [0.717, 1.165) is 10.5 Å². The molecule has 0 fully saturated rings. The van der Waals surface area contributed by atoms with Gasteiger partial charge in [-0.3, -0.25) is 0 Å². The molecule has 0 unspecified atom stereocenters. The Morgan fingerprint density at radius 3 is 2.93 bits per heavy atom. The molecule has 0 saturated carbocycles. The van der Waals surface area contributed by atoms with E-state index in [1.807, 2.05) is 6.26 Å². The maximum Gasteiger partial charge on any atom is 0.341 e. The van der Waals surface area contributed by atoms with E-state index in [4.69, 9.17) is 0 Å². The molecule has 0 aliphatic carbocycles. The number of imidazole rings is 1. The van der Waals surface area contributed by atoms with Crippen molar-refractivity contribution in [2.45, 2.75) is 4.34 Å². The highest BCUT2D eigenvalue weighted by molar-refractivity contribution is 8.00. The lowest BCUT2D eigenvalue weighted by molar-refractivity contribution is -0.389. The summed E-state index contributed by atoms with van der Waals surface area (Å²) in [6.07, 6.45) is 3.05. The highest BCUT2D eigenvalue weighted by Gasteiger charge is 2.15. The molecule has 2 rings (SSSR count). The van der Waals surface area contributed by atoms with Crippen molar-refractivity contribution in [1.82, 2.24) is 20.2 Å². The van der Waals surface area contributed by atoms with Crippen LogP contribution in [0.3, 0.4) is 0 Å². The summed E-state index contributed by atoms with van der Waals surface area (Å²) in [6, 6.07) is 0. The van der Waals surface area contributed by atoms with Crippen LogP contribution in [0.5, 0.6) is 0 Å². The van der Waals surface area contributed by atoms with Crippen LogP contribution in [-0.4, -0.2) is 31.3 Å². The van der Waals surface area contributed by atoms with Crippen molar-refractivity contribution in [2.75, 3.05) is 6.26 Å². The van der Waals surface area contributed by atoms with Gasteiger partial charge in [0.15, 0.2) is 4.34 Å². The van der Waals surface area contributed by atoms with Crippen LogP contribution in [0.1, 0.15) is 0 Å². The van der Waals surface area contributed by atoms with Crippen LogP contribution >= 0.6 is 23.1 Å². The van der Waals surface area contributed by atoms with E-state index in [-0.39, 0.29) is 5.82 Å². The van der Waals surface area contributed by atoms with Crippen LogP contribution in [-0.2, 0) is 0 Å². The van der Waals surface area contributed by atoms with E-state index in [1.165, 1.54) is 23.1 Å². The summed E-state index contributed by atoms with van der Waals surface area (Å²) in [5, 5.41) is 18.7. The fourth-order valence-corrected chi connectivity index (χ4v) is 2.12. The maximum atomic E-state index is 10.4. The van der Waals surface area contributed by atoms with E-state index in [9.17, 15) is 10.1 Å². The number of H-pyrrole nitrogens is 1. The Kier molecular flexibility index (Phi) is 2.64. The summed E-state index contributed by atoms with van der Waals surface area (Å²) in [4.78, 5) is 16.3. The van der Waals surface area contributed by atoms with Crippen LogP contribution in [0.25, 0.3) is 10.8 Å². The quantitative estimate of drug-likeness (QED) is 0.499. The second-order valence-corrected chi connectivity index (χ2v) is 4.48. The SMILES string of the molecule is CSc1nnc(-c2ncc([N+](=O)[O-])[nH]2)s1. The smallest absolute Gasteiger partial charge is 0.341 e. The lowest BCUT2D eigenvalue weighted by Crippen LogP contribution is -1.87. The minimum Gasteiger partial charge on any atom is -0.358 e. The molecule has 2 aromatic rings. The van der Waals surface area contributed by atoms with E-state index >= 15 is 0 Å². The molecule has 0 aliphatic heterocycles. The zero-order chi connectivity index (χ0) is 10.8. The number of aromatic amines is 1. The van der Waals surface area contributed by atoms with Crippen molar-refractivity contribution >= 4 is 28.9 Å². The van der Waals surface area contributed by atoms with Crippen LogP contribution in [0.2, 0.25) is 0 Å². The maximum absolute atomic E-state index is 10.4. The Morgan fingerprint density at radius 2 is 2.40 bits per heavy atom. The van der Waals surface area contributed by atoms with E-state index in [1.54, 1.807) is 0 Å². The first-order valence-electron chi connectivity index (χ1n) is 3.78. The molecule has 9 heteroatoms. The fourth-order valence-electron chi connectivity index (χ4n) is 0.901. The van der Waals surface area contributed by atoms with Crippen molar-refractivity contribution in [2.24, 2.45) is 0 Å². The minimum atomic E-state index is -0.535. The topological polar surface area (TPSA) is 97.6 Å². The molecule has 0 atom stereocenters. The zero-order valence-corrected chi connectivity index (χ0v) is 9.13. The number of nitrogens with zero attached hydrogens (tertiary/aromatic N) is 4. The van der Waals surface area contributed by atoms with Gasteiger partial charge in [-0.1, -0.05) is 23.1 Å². The third-order valence-electron chi connectivity index (χ3n) is 1.54. The standard InChI is InChI=1S/C6H5N5O2S2/c1-14-6-10-9-5(15-6)4-7-2-3(8-4)11(12)13/h2H,1H3,(H,7,8). The third kappa shape index (κ3) is 1.97. The summed E-state index contributed by atoms with van der Waals surface area (Å²) >= 11 is 2.80. The molecule has 7 nitrogen and oxygen atoms in total. The van der Waals surface area contributed by atoms with Crippen molar-refractivity contribution in [1.29, 1.82) is 0 Å². The molecule has 0 aliphatic rings. The van der Waals surface area contributed by atoms with Crippen LogP contribution in [0.4, 0.5) is 5.82 Å². The molecule has 0 radical (unpaired) electrons. The Bertz CT molecular complexity index is 493. The molecule has 0 spiro atoms. The van der Waals surface area contributed by atoms with E-state index in [0.29, 0.717) is 10.8 Å². The fraction of sp³-hybridized carbons (Fsp3) is 0.167. The van der Waals surface area contributed by atoms with Gasteiger partial charge in [0.1, 0.15) is 6.20 Å². The Morgan fingerprint density at radius 1 is 1.60 bits per heavy atom. The van der Waals surface area contributed by atoms with Gasteiger partial charge in [-0.15, -0.1) is 10.2 Å². The number of aromatic nitrogens is 4. The molecule has 0 bridgehead atoms. The number of hydrogen-bond donors (Lipinski definition) is 1. The van der Waals surface area contributed by atoms with Crippen LogP contribution in [0.15, 0.2) is 10.5 Å². The number of thioether (sulfide) groups is 1. The lowest BCUT2D eigenvalue weighted by atomic mass is 10.7. The molecule has 2 aromatic heterocycles. The first kappa shape index (κ1) is 10.1. The molecular formula is C6H5N5O2S2. The first-order valence-corrected chi connectivity index (χ1v) is 5.82. The van der Waals surface area contributed by atoms with E-state index in [2.05, 4.69) is 20.2 Å². The average Bonchev–Trinajstić information content (AvgIpc) is 2.86. The molecular weight excluding hydrogens is 238 g/mol. The zero-order valence-electron chi connectivity index (χ0n) is 7.50. The number of hydrogen-bond acceptors (Lipinski definition) is 7. The van der Waals surface area contributed by atoms with Gasteiger partial charge in [0.2, 0.25) is 5.01 Å². The summed E-state index contributed by atoms with van der Waals surface area (Å²) in [5.41, 5.74) is 0. The monoisotopic (exact) mass is 243 g/mol. The van der Waals surface area contributed by atoms with Gasteiger partial charge in [0.05, 0.1) is 0 Å². The highest BCUT2D eigenvalue weighted by Crippen LogP contribution is 2.26. The van der Waals surface area contributed by atoms with Gasteiger partial charge in [-0.05, 0) is 11.2 Å². The van der Waals surface area contributed by atoms with E-state index < -0.39 is 4.92 Å². The first-order chi connectivity index (χ1) is 7.20. The van der Waals surface area contributed by atoms with Crippen LogP contribution < -0.4 is 0 Å². The van der Waals surface area contributed by atoms with Gasteiger partial charge in [0.25, 0.3) is 5.82 Å². The molecule has 0 amide bonds. The van der Waals surface area contributed by atoms with Gasteiger partial charge in [0, 0.05) is 0 Å². The predicted molar refractivity (Wildman–Crippen MR) is 55.9 cm³/mol. The Hall–Kier alpha value is -1.48. The molecule has 0 saturated heterocycles. The molecule has 1 N–H and O–H groups in total. The minimum absolute atomic E-state index is 0.147. The molecule has 2 heterocycles. The van der Waals surface area contributed by atoms with Gasteiger partial charge < -0.3 is 10.1 Å². The second-order valence-electron chi connectivity index (χ2n) is 2.45. The number of rotatable bonds is 3. The summed E-state index contributed by atoms with van der Waals surface area (Å²) < 4.78 is 0.795. The molecule has 78 valence electrons. The van der Waals surface area contributed by atoms with Gasteiger partial charge >= 0.3 is 5.82 Å². The summed E-state index contributed by atoms with van der Waals surface area (Å²) in [5.74, 6) is 0.227. The van der Waals surface area contributed by atoms with Crippen molar-refractivity contribution in [3.05, 3.63) is 16.3 Å². The lowest BCUT2D eigenvalue weighted by Gasteiger charge is -1.85. The van der Waals surface area contributed by atoms with Gasteiger partial charge in [-0.25, -0.2) is 9.97 Å². The number of nitro groups is 1. The average molecular weight is 243 g/mol. The number of nitrogens with one attached hydrogen (secondary N) is 1. The van der Waals surface area contributed by atoms with Crippen molar-refractivity contribution < 1.29 is 4.92 Å². The summed E-state index contributed by atoms with van der Waals surface area (Å²) in [6.45, 7) is 0. The van der Waals surface area contributed by atoms with Crippen molar-refractivity contribution in [3.63, 3.8) is 0 Å². The van der Waals surface area contributed by atoms with Crippen molar-refractivity contribution in [3.8, 4) is 10.8 Å². The summed E-state index contributed by atoms with van der Waals surface area (Å²) in [7, 11) is 0. The van der Waals surface area contributed by atoms with Crippen LogP contribution in [0, 0.1) is 10.1 Å². The highest BCUT2D eigenvalue weighted by atomic mass is 32.2. The Labute approximate surface area is 92.1 Å². The largest absolute Gasteiger partial charge is 0.358 e. The molecule has 15 heavy (non-hydrogen) atoms. The second kappa shape index (κ2) is 3.95. The Balaban J connectivity index is 2.32. The predicted octanol–water partition coefficient (Wildman–Crippen LogP) is 1.56. The third-order valence-corrected chi connectivity index (χ3v) is 3.45. The normalized spacial score (nSPS) is 10.5.